The number of carbonyl (C=O) groups is 1. The largest absolute Gasteiger partial charge is 0.493 e. The number of benzene rings is 2. The molecule has 1 aromatic heterocycles. The molecular formula is C42H57NO5. The standard InChI is InChI=1S/C31H35NO5.C7H10.2C2H6/c1-21(2)8-7-9-23(4)29-32-28(24(5)36-29)18-19-35-26-16-12-25(13-17-26)20-31(6,30(33)34)37-27-14-10-22(3)11-15-27;1-3-5-7-6-4-2;2*1-2/h7-17H,1,18-20H2,2-6H3,(H,33,34);3-7H,1H2,2H3;2*1-2H3/b8-7-,23-9+;6-4-,7-5-;;. The fourth-order valence-corrected chi connectivity index (χ4v) is 3.89. The zero-order chi connectivity index (χ0) is 36.5. The summed E-state index contributed by atoms with van der Waals surface area (Å²) < 4.78 is 17.6. The van der Waals surface area contributed by atoms with Crippen LogP contribution in [0.4, 0.5) is 0 Å². The van der Waals surface area contributed by atoms with Gasteiger partial charge in [-0.3, -0.25) is 0 Å². The number of hydrogen-bond donors (Lipinski definition) is 1. The van der Waals surface area contributed by atoms with Gasteiger partial charge in [0.25, 0.3) is 0 Å². The highest BCUT2D eigenvalue weighted by atomic mass is 16.5. The second-order valence-corrected chi connectivity index (χ2v) is 10.6. The second-order valence-electron chi connectivity index (χ2n) is 10.6. The molecule has 2 aromatic carbocycles. The van der Waals surface area contributed by atoms with Crippen molar-refractivity contribution in [2.24, 2.45) is 0 Å². The number of allylic oxidation sites excluding steroid dienone is 10. The van der Waals surface area contributed by atoms with E-state index in [0.717, 1.165) is 33.7 Å². The Kier molecular flexibility index (Phi) is 21.9. The summed E-state index contributed by atoms with van der Waals surface area (Å²) >= 11 is 0. The van der Waals surface area contributed by atoms with Gasteiger partial charge >= 0.3 is 5.97 Å². The lowest BCUT2D eigenvalue weighted by Gasteiger charge is -2.26. The summed E-state index contributed by atoms with van der Waals surface area (Å²) in [5.74, 6) is 1.57. The quantitative estimate of drug-likeness (QED) is 0.174. The molecule has 6 nitrogen and oxygen atoms in total. The number of ether oxygens (including phenoxy) is 2. The average molecular weight is 656 g/mol. The minimum absolute atomic E-state index is 0.214. The summed E-state index contributed by atoms with van der Waals surface area (Å²) in [6.07, 6.45) is 16.1. The van der Waals surface area contributed by atoms with E-state index in [9.17, 15) is 9.90 Å². The van der Waals surface area contributed by atoms with Crippen molar-refractivity contribution in [1.29, 1.82) is 0 Å². The van der Waals surface area contributed by atoms with Gasteiger partial charge in [0.2, 0.25) is 11.5 Å². The molecule has 3 aromatic rings. The van der Waals surface area contributed by atoms with Crippen LogP contribution in [0.25, 0.3) is 5.57 Å². The van der Waals surface area contributed by atoms with Crippen molar-refractivity contribution in [3.8, 4) is 11.5 Å². The molecule has 1 atom stereocenters. The van der Waals surface area contributed by atoms with Crippen LogP contribution in [0.15, 0.2) is 120 Å². The van der Waals surface area contributed by atoms with Gasteiger partial charge in [0.15, 0.2) is 0 Å². The molecule has 1 heterocycles. The number of carboxylic acids is 1. The van der Waals surface area contributed by atoms with Crippen molar-refractivity contribution in [1.82, 2.24) is 4.98 Å². The molecule has 0 radical (unpaired) electrons. The van der Waals surface area contributed by atoms with Gasteiger partial charge in [0.1, 0.15) is 17.3 Å². The highest BCUT2D eigenvalue weighted by Gasteiger charge is 2.36. The number of nitrogens with zero attached hydrogens (tertiary/aromatic N) is 1. The van der Waals surface area contributed by atoms with Crippen LogP contribution in [-0.2, 0) is 17.6 Å². The van der Waals surface area contributed by atoms with Crippen LogP contribution < -0.4 is 9.47 Å². The second kappa shape index (κ2) is 24.3. The van der Waals surface area contributed by atoms with E-state index in [4.69, 9.17) is 13.9 Å². The van der Waals surface area contributed by atoms with E-state index >= 15 is 0 Å². The maximum atomic E-state index is 12.0. The third-order valence-electron chi connectivity index (χ3n) is 6.40. The Hall–Kier alpha value is -4.84. The predicted octanol–water partition coefficient (Wildman–Crippen LogP) is 11.3. The Morgan fingerprint density at radius 3 is 2.08 bits per heavy atom. The SMILES string of the molecule is C=C(C)/C=C\C=C(/C)c1nc(CCOc2ccc(CC(C)(Oc3ccc(C)cc3)C(=O)O)cc2)c(C)o1.C=C/C=C\C=C/C.CC.CC. The summed E-state index contributed by atoms with van der Waals surface area (Å²) in [6.45, 7) is 27.1. The molecule has 1 unspecified atom stereocenters. The van der Waals surface area contributed by atoms with Crippen molar-refractivity contribution in [3.05, 3.63) is 144 Å². The van der Waals surface area contributed by atoms with E-state index in [-0.39, 0.29) is 6.42 Å². The summed E-state index contributed by atoms with van der Waals surface area (Å²) in [5.41, 5.74) is 3.29. The Labute approximate surface area is 289 Å². The van der Waals surface area contributed by atoms with E-state index < -0.39 is 11.6 Å². The number of carboxylic acid groups (broad SMARTS) is 1. The highest BCUT2D eigenvalue weighted by Crippen LogP contribution is 2.25. The smallest absolute Gasteiger partial charge is 0.348 e. The molecule has 0 spiro atoms. The third kappa shape index (κ3) is 16.6. The molecule has 1 N–H and O–H groups in total. The van der Waals surface area contributed by atoms with Crippen molar-refractivity contribution >= 4 is 11.5 Å². The number of aryl methyl sites for hydroxylation is 2. The van der Waals surface area contributed by atoms with Crippen LogP contribution in [0.3, 0.4) is 0 Å². The number of aromatic nitrogens is 1. The predicted molar refractivity (Wildman–Crippen MR) is 203 cm³/mol. The molecule has 0 aliphatic rings. The van der Waals surface area contributed by atoms with Gasteiger partial charge in [-0.05, 0) is 71.4 Å². The summed E-state index contributed by atoms with van der Waals surface area (Å²) in [4.78, 5) is 16.6. The van der Waals surface area contributed by atoms with Gasteiger partial charge in [0.05, 0.1) is 12.3 Å². The third-order valence-corrected chi connectivity index (χ3v) is 6.40. The van der Waals surface area contributed by atoms with Crippen LogP contribution >= 0.6 is 0 Å². The minimum Gasteiger partial charge on any atom is -0.493 e. The van der Waals surface area contributed by atoms with Crippen molar-refractivity contribution in [2.45, 2.75) is 87.7 Å². The summed E-state index contributed by atoms with van der Waals surface area (Å²) in [7, 11) is 0. The van der Waals surface area contributed by atoms with Crippen molar-refractivity contribution in [2.75, 3.05) is 6.61 Å². The zero-order valence-corrected chi connectivity index (χ0v) is 30.8. The lowest BCUT2D eigenvalue weighted by atomic mass is 9.96. The number of aliphatic carboxylic acids is 1. The fraction of sp³-hybridized carbons (Fsp3) is 0.333. The van der Waals surface area contributed by atoms with Crippen LogP contribution in [-0.4, -0.2) is 28.3 Å². The molecule has 6 heteroatoms. The Morgan fingerprint density at radius 2 is 1.54 bits per heavy atom. The molecule has 0 bridgehead atoms. The Balaban J connectivity index is 0.00000176. The lowest BCUT2D eigenvalue weighted by molar-refractivity contribution is -0.153. The van der Waals surface area contributed by atoms with Crippen LogP contribution in [0, 0.1) is 13.8 Å². The maximum Gasteiger partial charge on any atom is 0.348 e. The first-order chi connectivity index (χ1) is 23.0. The summed E-state index contributed by atoms with van der Waals surface area (Å²) in [6, 6.07) is 14.8. The topological polar surface area (TPSA) is 81.8 Å². The normalized spacial score (nSPS) is 12.2. The van der Waals surface area contributed by atoms with Gasteiger partial charge < -0.3 is 19.0 Å². The van der Waals surface area contributed by atoms with Crippen LogP contribution in [0.1, 0.15) is 83.9 Å². The fourth-order valence-electron chi connectivity index (χ4n) is 3.89. The van der Waals surface area contributed by atoms with Gasteiger partial charge in [-0.15, -0.1) is 0 Å². The Morgan fingerprint density at radius 1 is 0.938 bits per heavy atom. The monoisotopic (exact) mass is 655 g/mol. The molecule has 3 rings (SSSR count). The van der Waals surface area contributed by atoms with Crippen molar-refractivity contribution in [3.63, 3.8) is 0 Å². The molecule has 0 saturated carbocycles. The molecule has 0 amide bonds. The zero-order valence-electron chi connectivity index (χ0n) is 30.8. The maximum absolute atomic E-state index is 12.0. The van der Waals surface area contributed by atoms with E-state index in [2.05, 4.69) is 18.1 Å². The van der Waals surface area contributed by atoms with Gasteiger partial charge in [0, 0.05) is 18.4 Å². The van der Waals surface area contributed by atoms with E-state index in [0.29, 0.717) is 30.4 Å². The molecule has 0 aliphatic heterocycles. The number of rotatable bonds is 14. The van der Waals surface area contributed by atoms with Gasteiger partial charge in [-0.2, -0.15) is 0 Å². The number of oxazole rings is 1. The molecular weight excluding hydrogens is 598 g/mol. The summed E-state index contributed by atoms with van der Waals surface area (Å²) in [5, 5.41) is 9.84. The Bertz CT molecular complexity index is 1490. The van der Waals surface area contributed by atoms with Gasteiger partial charge in [-0.1, -0.05) is 125 Å². The van der Waals surface area contributed by atoms with E-state index in [1.165, 1.54) is 0 Å². The van der Waals surface area contributed by atoms with Crippen LogP contribution in [0.5, 0.6) is 11.5 Å². The molecule has 0 aliphatic carbocycles. The van der Waals surface area contributed by atoms with Gasteiger partial charge in [-0.25, -0.2) is 9.78 Å². The first-order valence-electron chi connectivity index (χ1n) is 16.6. The number of hydrogen-bond acceptors (Lipinski definition) is 5. The molecule has 0 fully saturated rings. The van der Waals surface area contributed by atoms with E-state index in [1.807, 2.05) is 141 Å². The van der Waals surface area contributed by atoms with Crippen LogP contribution in [0.2, 0.25) is 0 Å². The van der Waals surface area contributed by atoms with Crippen molar-refractivity contribution < 1.29 is 23.8 Å². The lowest BCUT2D eigenvalue weighted by Crippen LogP contribution is -2.43. The molecule has 260 valence electrons. The first-order valence-corrected chi connectivity index (χ1v) is 16.6. The first kappa shape index (κ1) is 43.2. The average Bonchev–Trinajstić information content (AvgIpc) is 3.45. The minimum atomic E-state index is -1.40. The van der Waals surface area contributed by atoms with E-state index in [1.54, 1.807) is 25.1 Å². The molecule has 0 saturated heterocycles. The molecule has 48 heavy (non-hydrogen) atoms. The highest BCUT2D eigenvalue weighted by molar-refractivity contribution is 5.78.